The summed E-state index contributed by atoms with van der Waals surface area (Å²) in [5.74, 6) is 0.623. The lowest BCUT2D eigenvalue weighted by Gasteiger charge is -2.37. The number of hydrogen-bond donors (Lipinski definition) is 2. The van der Waals surface area contributed by atoms with Crippen LogP contribution in [0.2, 0.25) is 0 Å². The van der Waals surface area contributed by atoms with Crippen LogP contribution in [-0.2, 0) is 16.8 Å². The summed E-state index contributed by atoms with van der Waals surface area (Å²) in [5.41, 5.74) is 8.83. The van der Waals surface area contributed by atoms with Crippen molar-refractivity contribution in [2.24, 2.45) is 0 Å². The van der Waals surface area contributed by atoms with Gasteiger partial charge < -0.3 is 9.84 Å². The van der Waals surface area contributed by atoms with Gasteiger partial charge in [-0.2, -0.15) is 0 Å². The molecular weight excluding hydrogens is 667 g/mol. The number of thiazole rings is 1. The van der Waals surface area contributed by atoms with E-state index in [0.717, 1.165) is 50.3 Å². The smallest absolute Gasteiger partial charge is 0.311 e. The van der Waals surface area contributed by atoms with E-state index in [4.69, 9.17) is 9.57 Å². The highest BCUT2D eigenvalue weighted by atomic mass is 32.1. The van der Waals surface area contributed by atoms with Crippen LogP contribution >= 0.6 is 11.3 Å². The van der Waals surface area contributed by atoms with Crippen LogP contribution in [0.15, 0.2) is 175 Å². The van der Waals surface area contributed by atoms with Crippen LogP contribution in [0.5, 0.6) is 11.6 Å². The van der Waals surface area contributed by atoms with Crippen LogP contribution in [0.3, 0.4) is 0 Å². The Labute approximate surface area is 306 Å². The molecule has 0 unspecified atom stereocenters. The fourth-order valence-electron chi connectivity index (χ4n) is 6.42. The zero-order valence-electron chi connectivity index (χ0n) is 28.4. The number of aromatic hydroxyl groups is 1. The van der Waals surface area contributed by atoms with Crippen molar-refractivity contribution in [3.05, 3.63) is 213 Å². The van der Waals surface area contributed by atoms with Crippen molar-refractivity contribution in [1.29, 1.82) is 0 Å². The third-order valence-electron chi connectivity index (χ3n) is 8.90. The quantitative estimate of drug-likeness (QED) is 0.0670. The molecule has 0 saturated heterocycles. The molecule has 0 aliphatic rings. The predicted molar refractivity (Wildman–Crippen MR) is 207 cm³/mol. The molecule has 0 aliphatic heterocycles. The van der Waals surface area contributed by atoms with E-state index < -0.39 is 5.54 Å². The molecule has 7 nitrogen and oxygen atoms in total. The zero-order valence-corrected chi connectivity index (χ0v) is 29.2. The van der Waals surface area contributed by atoms with Crippen molar-refractivity contribution in [3.8, 4) is 22.8 Å². The molecule has 8 heteroatoms. The van der Waals surface area contributed by atoms with E-state index in [9.17, 15) is 9.90 Å². The number of aromatic nitrogens is 2. The van der Waals surface area contributed by atoms with E-state index in [1.165, 1.54) is 0 Å². The summed E-state index contributed by atoms with van der Waals surface area (Å²) in [4.78, 5) is 24.3. The van der Waals surface area contributed by atoms with Crippen LogP contribution in [0.1, 0.15) is 32.7 Å². The first-order valence-electron chi connectivity index (χ1n) is 16.9. The molecule has 7 rings (SSSR count). The maximum atomic E-state index is 14.0. The van der Waals surface area contributed by atoms with Gasteiger partial charge in [-0.15, -0.1) is 0 Å². The first kappa shape index (κ1) is 34.2. The maximum Gasteiger partial charge on any atom is 0.311 e. The number of rotatable bonds is 14. The second kappa shape index (κ2) is 15.8. The van der Waals surface area contributed by atoms with Gasteiger partial charge in [0.1, 0.15) is 24.5 Å². The second-order valence-corrected chi connectivity index (χ2v) is 13.2. The lowest BCUT2D eigenvalue weighted by molar-refractivity contribution is 0.0541. The molecular formula is C44H37N3O4S. The van der Waals surface area contributed by atoms with E-state index >= 15 is 0 Å². The largest absolute Gasteiger partial charge is 0.494 e. The minimum Gasteiger partial charge on any atom is -0.494 e. The molecule has 2 heterocycles. The molecule has 0 aliphatic carbocycles. The van der Waals surface area contributed by atoms with Crippen molar-refractivity contribution in [3.63, 3.8) is 0 Å². The van der Waals surface area contributed by atoms with E-state index in [0.29, 0.717) is 29.4 Å². The molecule has 2 aromatic heterocycles. The lowest BCUT2D eigenvalue weighted by atomic mass is 9.76. The Bertz CT molecular complexity index is 2190. The van der Waals surface area contributed by atoms with Gasteiger partial charge in [0, 0.05) is 29.9 Å². The maximum absolute atomic E-state index is 14.0. The average molecular weight is 704 g/mol. The molecule has 0 atom stereocenters. The fourth-order valence-corrected chi connectivity index (χ4v) is 7.37. The molecule has 0 amide bonds. The van der Waals surface area contributed by atoms with E-state index in [1.807, 2.05) is 158 Å². The predicted octanol–water partition coefficient (Wildman–Crippen LogP) is 8.68. The van der Waals surface area contributed by atoms with E-state index in [-0.39, 0.29) is 17.4 Å². The van der Waals surface area contributed by atoms with Crippen LogP contribution in [0, 0.1) is 0 Å². The number of ether oxygens (including phenoxy) is 1. The Hall–Kier alpha value is -6.22. The Morgan fingerprint density at radius 3 is 1.87 bits per heavy atom. The van der Waals surface area contributed by atoms with Crippen molar-refractivity contribution < 1.29 is 14.7 Å². The molecule has 2 N–H and O–H groups in total. The van der Waals surface area contributed by atoms with Gasteiger partial charge in [-0.05, 0) is 46.0 Å². The normalized spacial score (nSPS) is 11.2. The summed E-state index contributed by atoms with van der Waals surface area (Å²) < 4.78 is 7.45. The Kier molecular flexibility index (Phi) is 10.4. The summed E-state index contributed by atoms with van der Waals surface area (Å²) in [6.45, 7) is 4.68. The highest BCUT2D eigenvalue weighted by molar-refractivity contribution is 7.09. The number of benzene rings is 5. The number of hydroxylamine groups is 1. The summed E-state index contributed by atoms with van der Waals surface area (Å²) >= 11 is 1.06. The summed E-state index contributed by atoms with van der Waals surface area (Å²) in [6, 6.07) is 49.3. The second-order valence-electron chi connectivity index (χ2n) is 12.2. The SMILES string of the molecule is C=C(NOCCOc1ccc(Cc2sc(=O)n(C(c3ccccc3)(c3ccccc3)c3ccccc3)c2O)cc1)c1cncc(-c2ccccc2)c1. The minimum atomic E-state index is -1.09. The molecule has 0 spiro atoms. The molecule has 5 aromatic carbocycles. The summed E-state index contributed by atoms with van der Waals surface area (Å²) in [7, 11) is 0. The number of hydrogen-bond acceptors (Lipinski definition) is 7. The first-order valence-corrected chi connectivity index (χ1v) is 17.8. The standard InChI is InChI=1S/C44H37N3O4S/c1-32(35-29-36(31-45-30-35)34-14-6-2-7-15-34)46-51-27-26-50-40-24-22-33(23-25-40)28-41-42(48)47(43(49)52-41)44(37-16-8-3-9-17-37,38-18-10-4-11-19-38)39-20-12-5-13-21-39/h2-25,29-31,46,48H,1,26-28H2. The average Bonchev–Trinajstić information content (AvgIpc) is 3.48. The molecule has 7 aromatic rings. The van der Waals surface area contributed by atoms with Gasteiger partial charge in [-0.3, -0.25) is 24.7 Å². The monoisotopic (exact) mass is 703 g/mol. The van der Waals surface area contributed by atoms with Gasteiger partial charge in [0.05, 0.1) is 10.6 Å². The van der Waals surface area contributed by atoms with Crippen molar-refractivity contribution in [2.75, 3.05) is 13.2 Å². The van der Waals surface area contributed by atoms with E-state index in [1.54, 1.807) is 10.8 Å². The third-order valence-corrected chi connectivity index (χ3v) is 9.83. The topological polar surface area (TPSA) is 85.6 Å². The van der Waals surface area contributed by atoms with Crippen LogP contribution in [0.4, 0.5) is 0 Å². The molecule has 258 valence electrons. The van der Waals surface area contributed by atoms with E-state index in [2.05, 4.69) is 17.0 Å². The Morgan fingerprint density at radius 1 is 0.731 bits per heavy atom. The van der Waals surface area contributed by atoms with Gasteiger partial charge in [-0.1, -0.05) is 151 Å². The zero-order chi connectivity index (χ0) is 35.8. The van der Waals surface area contributed by atoms with Gasteiger partial charge >= 0.3 is 4.87 Å². The minimum absolute atomic E-state index is 0.0549. The van der Waals surface area contributed by atoms with Gasteiger partial charge in [0.25, 0.3) is 0 Å². The fraction of sp³-hybridized carbons (Fsp3) is 0.0909. The Balaban J connectivity index is 1.03. The number of pyridine rings is 1. The number of nitrogens with one attached hydrogen (secondary N) is 1. The van der Waals surface area contributed by atoms with Crippen molar-refractivity contribution >= 4 is 17.0 Å². The molecule has 0 saturated carbocycles. The summed E-state index contributed by atoms with van der Waals surface area (Å²) in [6.07, 6.45) is 3.94. The molecule has 0 fully saturated rings. The van der Waals surface area contributed by atoms with Crippen molar-refractivity contribution in [2.45, 2.75) is 12.0 Å². The lowest BCUT2D eigenvalue weighted by Crippen LogP contribution is -2.42. The molecule has 0 radical (unpaired) electrons. The summed E-state index contributed by atoms with van der Waals surface area (Å²) in [5, 5.41) is 11.9. The molecule has 0 bridgehead atoms. The Morgan fingerprint density at radius 2 is 1.29 bits per heavy atom. The van der Waals surface area contributed by atoms with Gasteiger partial charge in [0.2, 0.25) is 5.88 Å². The third kappa shape index (κ3) is 7.16. The highest BCUT2D eigenvalue weighted by Crippen LogP contribution is 2.43. The van der Waals surface area contributed by atoms with Gasteiger partial charge in [-0.25, -0.2) is 0 Å². The highest BCUT2D eigenvalue weighted by Gasteiger charge is 2.42. The number of nitrogens with zero attached hydrogens (tertiary/aromatic N) is 2. The van der Waals surface area contributed by atoms with Gasteiger partial charge in [0.15, 0.2) is 0 Å². The van der Waals surface area contributed by atoms with Crippen molar-refractivity contribution in [1.82, 2.24) is 15.0 Å². The van der Waals surface area contributed by atoms with Crippen LogP contribution in [-0.4, -0.2) is 27.9 Å². The first-order chi connectivity index (χ1) is 25.5. The molecule has 52 heavy (non-hydrogen) atoms. The van der Waals surface area contributed by atoms with Crippen LogP contribution < -0.4 is 15.1 Å². The van der Waals surface area contributed by atoms with Crippen LogP contribution in [0.25, 0.3) is 16.8 Å².